The van der Waals surface area contributed by atoms with Crippen LogP contribution in [0.5, 0.6) is 0 Å². The summed E-state index contributed by atoms with van der Waals surface area (Å²) in [5.74, 6) is 2.33. The van der Waals surface area contributed by atoms with E-state index < -0.39 is 0 Å². The summed E-state index contributed by atoms with van der Waals surface area (Å²) in [6, 6.07) is 0.727. The molecule has 2 atom stereocenters. The Bertz CT molecular complexity index is 130. The smallest absolute Gasteiger partial charge is 0.0599 e. The van der Waals surface area contributed by atoms with E-state index in [1.165, 1.54) is 5.75 Å². The van der Waals surface area contributed by atoms with Crippen molar-refractivity contribution in [1.82, 2.24) is 4.90 Å². The molecule has 0 aromatic carbocycles. The summed E-state index contributed by atoms with van der Waals surface area (Å²) in [5, 5.41) is 9.07. The third kappa shape index (κ3) is 2.36. The Morgan fingerprint density at radius 1 is 1.75 bits per heavy atom. The van der Waals surface area contributed by atoms with Crippen LogP contribution in [0.3, 0.4) is 0 Å². The molecule has 4 heteroatoms. The van der Waals surface area contributed by atoms with E-state index in [2.05, 4.69) is 11.8 Å². The molecule has 1 fully saturated rings. The Morgan fingerprint density at radius 2 is 2.50 bits per heavy atom. The van der Waals surface area contributed by atoms with Crippen molar-refractivity contribution in [2.45, 2.75) is 19.0 Å². The summed E-state index contributed by atoms with van der Waals surface area (Å²) in [5.41, 5.74) is 5.57. The number of nitrogens with zero attached hydrogens (tertiary/aromatic N) is 1. The third-order valence-corrected chi connectivity index (χ3v) is 3.56. The van der Waals surface area contributed by atoms with E-state index in [-0.39, 0.29) is 12.6 Å². The molecule has 0 aromatic heterocycles. The van der Waals surface area contributed by atoms with Gasteiger partial charge in [0, 0.05) is 36.7 Å². The first-order valence-electron chi connectivity index (χ1n) is 4.44. The highest BCUT2D eigenvalue weighted by Gasteiger charge is 2.24. The van der Waals surface area contributed by atoms with Crippen LogP contribution < -0.4 is 5.73 Å². The molecule has 72 valence electrons. The van der Waals surface area contributed by atoms with Crippen molar-refractivity contribution < 1.29 is 5.11 Å². The van der Waals surface area contributed by atoms with Crippen LogP contribution >= 0.6 is 11.8 Å². The Kier molecular flexibility index (Phi) is 4.35. The first kappa shape index (κ1) is 10.3. The van der Waals surface area contributed by atoms with Crippen molar-refractivity contribution in [3.05, 3.63) is 0 Å². The van der Waals surface area contributed by atoms with Gasteiger partial charge < -0.3 is 10.8 Å². The lowest BCUT2D eigenvalue weighted by Crippen LogP contribution is -2.51. The lowest BCUT2D eigenvalue weighted by Gasteiger charge is -2.37. The first-order chi connectivity index (χ1) is 5.79. The van der Waals surface area contributed by atoms with Gasteiger partial charge in [-0.15, -0.1) is 0 Å². The van der Waals surface area contributed by atoms with E-state index >= 15 is 0 Å². The van der Waals surface area contributed by atoms with Gasteiger partial charge in [0.2, 0.25) is 0 Å². The first-order valence-corrected chi connectivity index (χ1v) is 5.59. The summed E-state index contributed by atoms with van der Waals surface area (Å²) in [6.07, 6.45) is 0. The molecule has 1 rings (SSSR count). The van der Waals surface area contributed by atoms with Gasteiger partial charge in [0.15, 0.2) is 0 Å². The van der Waals surface area contributed by atoms with Crippen molar-refractivity contribution >= 4 is 11.8 Å². The van der Waals surface area contributed by atoms with Crippen molar-refractivity contribution in [3.63, 3.8) is 0 Å². The normalized spacial score (nSPS) is 28.8. The average Bonchev–Trinajstić information content (AvgIpc) is 2.10. The maximum Gasteiger partial charge on any atom is 0.0599 e. The molecule has 0 saturated carbocycles. The van der Waals surface area contributed by atoms with Gasteiger partial charge in [-0.2, -0.15) is 11.8 Å². The molecule has 0 aromatic rings. The second-order valence-corrected chi connectivity index (χ2v) is 4.38. The Labute approximate surface area is 78.3 Å². The largest absolute Gasteiger partial charge is 0.395 e. The fourth-order valence-corrected chi connectivity index (χ4v) is 2.64. The molecule has 3 N–H and O–H groups in total. The minimum atomic E-state index is 0.167. The van der Waals surface area contributed by atoms with Gasteiger partial charge >= 0.3 is 0 Å². The van der Waals surface area contributed by atoms with E-state index in [0.29, 0.717) is 12.6 Å². The number of aliphatic hydroxyl groups is 1. The van der Waals surface area contributed by atoms with Crippen molar-refractivity contribution in [2.24, 2.45) is 5.73 Å². The van der Waals surface area contributed by atoms with Crippen molar-refractivity contribution in [2.75, 3.05) is 31.2 Å². The fraction of sp³-hybridized carbons (Fsp3) is 1.00. The highest BCUT2D eigenvalue weighted by Crippen LogP contribution is 2.17. The SMILES string of the molecule is CC1CSCCN1C(CN)CO. The summed E-state index contributed by atoms with van der Waals surface area (Å²) in [6.45, 7) is 4.01. The maximum atomic E-state index is 9.07. The number of thioether (sulfide) groups is 1. The van der Waals surface area contributed by atoms with E-state index in [1.807, 2.05) is 11.8 Å². The van der Waals surface area contributed by atoms with Gasteiger partial charge in [-0.3, -0.25) is 4.90 Å². The number of aliphatic hydroxyl groups excluding tert-OH is 1. The number of hydrogen-bond donors (Lipinski definition) is 2. The molecule has 0 amide bonds. The van der Waals surface area contributed by atoms with Crippen LogP contribution in [-0.2, 0) is 0 Å². The Hall–Kier alpha value is 0.230. The molecule has 1 saturated heterocycles. The van der Waals surface area contributed by atoms with Crippen molar-refractivity contribution in [1.29, 1.82) is 0 Å². The quantitative estimate of drug-likeness (QED) is 0.644. The van der Waals surface area contributed by atoms with Crippen LogP contribution in [0.15, 0.2) is 0 Å². The molecule has 1 heterocycles. The standard InChI is InChI=1S/C8H18N2OS/c1-7-6-12-3-2-10(7)8(4-9)5-11/h7-8,11H,2-6,9H2,1H3. The minimum Gasteiger partial charge on any atom is -0.395 e. The molecular formula is C8H18N2OS. The van der Waals surface area contributed by atoms with E-state index in [4.69, 9.17) is 10.8 Å². The van der Waals surface area contributed by atoms with Gasteiger partial charge in [0.25, 0.3) is 0 Å². The predicted molar refractivity (Wildman–Crippen MR) is 53.4 cm³/mol. The Balaban J connectivity index is 2.45. The van der Waals surface area contributed by atoms with Gasteiger partial charge in [-0.1, -0.05) is 0 Å². The lowest BCUT2D eigenvalue weighted by atomic mass is 10.2. The molecule has 1 aliphatic heterocycles. The summed E-state index contributed by atoms with van der Waals surface area (Å²) < 4.78 is 0. The summed E-state index contributed by atoms with van der Waals surface area (Å²) in [4.78, 5) is 2.32. The fourth-order valence-electron chi connectivity index (χ4n) is 1.60. The maximum absolute atomic E-state index is 9.07. The van der Waals surface area contributed by atoms with Gasteiger partial charge in [-0.25, -0.2) is 0 Å². The third-order valence-electron chi connectivity index (χ3n) is 2.37. The minimum absolute atomic E-state index is 0.167. The molecular weight excluding hydrogens is 172 g/mol. The number of hydrogen-bond acceptors (Lipinski definition) is 4. The number of rotatable bonds is 3. The van der Waals surface area contributed by atoms with Crippen LogP contribution in [0.2, 0.25) is 0 Å². The monoisotopic (exact) mass is 190 g/mol. The molecule has 0 radical (unpaired) electrons. The molecule has 0 bridgehead atoms. The van der Waals surface area contributed by atoms with Crippen molar-refractivity contribution in [3.8, 4) is 0 Å². The molecule has 0 spiro atoms. The lowest BCUT2D eigenvalue weighted by molar-refractivity contribution is 0.105. The molecule has 3 nitrogen and oxygen atoms in total. The van der Waals surface area contributed by atoms with E-state index in [0.717, 1.165) is 12.3 Å². The average molecular weight is 190 g/mol. The highest BCUT2D eigenvalue weighted by molar-refractivity contribution is 7.99. The van der Waals surface area contributed by atoms with Gasteiger partial charge in [-0.05, 0) is 6.92 Å². The van der Waals surface area contributed by atoms with Crippen LogP contribution in [-0.4, -0.2) is 53.3 Å². The second-order valence-electron chi connectivity index (χ2n) is 3.23. The Morgan fingerprint density at radius 3 is 3.00 bits per heavy atom. The molecule has 0 aliphatic carbocycles. The van der Waals surface area contributed by atoms with Gasteiger partial charge in [0.1, 0.15) is 0 Å². The molecule has 1 aliphatic rings. The summed E-state index contributed by atoms with van der Waals surface area (Å²) >= 11 is 1.98. The molecule has 2 unspecified atom stereocenters. The second kappa shape index (κ2) is 5.07. The van der Waals surface area contributed by atoms with Crippen LogP contribution in [0.25, 0.3) is 0 Å². The van der Waals surface area contributed by atoms with Crippen LogP contribution in [0, 0.1) is 0 Å². The van der Waals surface area contributed by atoms with Crippen LogP contribution in [0.1, 0.15) is 6.92 Å². The topological polar surface area (TPSA) is 49.5 Å². The zero-order valence-corrected chi connectivity index (χ0v) is 8.39. The van der Waals surface area contributed by atoms with Gasteiger partial charge in [0.05, 0.1) is 6.61 Å². The summed E-state index contributed by atoms with van der Waals surface area (Å²) in [7, 11) is 0. The zero-order chi connectivity index (χ0) is 8.97. The molecule has 12 heavy (non-hydrogen) atoms. The zero-order valence-electron chi connectivity index (χ0n) is 7.57. The van der Waals surface area contributed by atoms with E-state index in [9.17, 15) is 0 Å². The predicted octanol–water partition coefficient (Wildman–Crippen LogP) is -0.257. The van der Waals surface area contributed by atoms with E-state index in [1.54, 1.807) is 0 Å². The highest BCUT2D eigenvalue weighted by atomic mass is 32.2. The number of nitrogens with two attached hydrogens (primary N) is 1. The van der Waals surface area contributed by atoms with Crippen LogP contribution in [0.4, 0.5) is 0 Å².